The second-order valence-corrected chi connectivity index (χ2v) is 8.22. The predicted molar refractivity (Wildman–Crippen MR) is 109 cm³/mol. The molecule has 2 aliphatic rings. The van der Waals surface area contributed by atoms with Crippen molar-refractivity contribution in [3.05, 3.63) is 51.2 Å². The summed E-state index contributed by atoms with van der Waals surface area (Å²) in [5.41, 5.74) is 0.758. The Morgan fingerprint density at radius 2 is 1.97 bits per heavy atom. The minimum atomic E-state index is -0.522. The Morgan fingerprint density at radius 1 is 1.19 bits per heavy atom. The number of nitrogens with zero attached hydrogens (tertiary/aromatic N) is 5. The molecule has 0 bridgehead atoms. The lowest BCUT2D eigenvalue weighted by molar-refractivity contribution is -0.385. The Bertz CT molecular complexity index is 1020. The first-order chi connectivity index (χ1) is 14.8. The largest absolute Gasteiger partial charge is 0.340 e. The van der Waals surface area contributed by atoms with Crippen molar-refractivity contribution in [2.24, 2.45) is 0 Å². The normalized spacial score (nSPS) is 21.4. The highest BCUT2D eigenvalue weighted by Crippen LogP contribution is 2.29. The van der Waals surface area contributed by atoms with Gasteiger partial charge in [-0.15, -0.1) is 0 Å². The Balaban J connectivity index is 1.48. The average Bonchev–Trinajstić information content (AvgIpc) is 3.41. The highest BCUT2D eigenvalue weighted by molar-refractivity contribution is 5.98. The van der Waals surface area contributed by atoms with Crippen molar-refractivity contribution in [1.29, 1.82) is 0 Å². The van der Waals surface area contributed by atoms with Gasteiger partial charge in [-0.1, -0.05) is 5.16 Å². The predicted octanol–water partition coefficient (Wildman–Crippen LogP) is 2.61. The number of hydrogen-bond donors (Lipinski definition) is 0. The Morgan fingerprint density at radius 3 is 2.65 bits per heavy atom. The molecule has 2 aromatic rings. The third kappa shape index (κ3) is 4.14. The number of nitro groups is 1. The van der Waals surface area contributed by atoms with Crippen LogP contribution in [0.5, 0.6) is 0 Å². The molecule has 164 valence electrons. The zero-order chi connectivity index (χ0) is 22.1. The first kappa shape index (κ1) is 21.0. The molecule has 2 fully saturated rings. The summed E-state index contributed by atoms with van der Waals surface area (Å²) >= 11 is 0. The summed E-state index contributed by atoms with van der Waals surface area (Å²) in [7, 11) is 0. The van der Waals surface area contributed by atoms with Gasteiger partial charge >= 0.3 is 0 Å². The molecular formula is C21H25N5O5. The van der Waals surface area contributed by atoms with E-state index in [-0.39, 0.29) is 23.4 Å². The molecule has 0 aliphatic carbocycles. The maximum Gasteiger partial charge on any atom is 0.272 e. The van der Waals surface area contributed by atoms with Crippen LogP contribution < -0.4 is 0 Å². The zero-order valence-corrected chi connectivity index (χ0v) is 17.6. The van der Waals surface area contributed by atoms with Gasteiger partial charge in [-0.3, -0.25) is 19.7 Å². The second-order valence-electron chi connectivity index (χ2n) is 8.22. The van der Waals surface area contributed by atoms with Gasteiger partial charge in [-0.05, 0) is 51.7 Å². The highest BCUT2D eigenvalue weighted by atomic mass is 16.6. The van der Waals surface area contributed by atoms with Gasteiger partial charge < -0.3 is 14.3 Å². The summed E-state index contributed by atoms with van der Waals surface area (Å²) in [5, 5.41) is 14.9. The lowest BCUT2D eigenvalue weighted by Gasteiger charge is -2.35. The first-order valence-corrected chi connectivity index (χ1v) is 10.5. The molecule has 2 unspecified atom stereocenters. The van der Waals surface area contributed by atoms with Crippen LogP contribution in [0.4, 0.5) is 5.69 Å². The zero-order valence-electron chi connectivity index (χ0n) is 17.6. The van der Waals surface area contributed by atoms with Crippen molar-refractivity contribution in [3.8, 4) is 0 Å². The number of carbonyl (C=O) groups is 2. The van der Waals surface area contributed by atoms with E-state index in [0.29, 0.717) is 48.9 Å². The van der Waals surface area contributed by atoms with Gasteiger partial charge in [0, 0.05) is 36.8 Å². The number of aromatic nitrogens is 2. The van der Waals surface area contributed by atoms with Crippen LogP contribution in [0.2, 0.25) is 0 Å². The van der Waals surface area contributed by atoms with Crippen molar-refractivity contribution in [1.82, 2.24) is 19.9 Å². The van der Waals surface area contributed by atoms with Crippen molar-refractivity contribution in [3.63, 3.8) is 0 Å². The lowest BCUT2D eigenvalue weighted by atomic mass is 9.97. The van der Waals surface area contributed by atoms with Gasteiger partial charge in [-0.25, -0.2) is 0 Å². The summed E-state index contributed by atoms with van der Waals surface area (Å²) in [4.78, 5) is 44.7. The van der Waals surface area contributed by atoms with Crippen molar-refractivity contribution >= 4 is 17.5 Å². The van der Waals surface area contributed by atoms with Crippen molar-refractivity contribution < 1.29 is 19.0 Å². The molecule has 0 saturated carbocycles. The Labute approximate surface area is 179 Å². The Hall–Kier alpha value is -3.30. The van der Waals surface area contributed by atoms with Crippen LogP contribution in [0.15, 0.2) is 22.7 Å². The number of aryl methyl sites for hydroxylation is 2. The van der Waals surface area contributed by atoms with Crippen LogP contribution in [0.25, 0.3) is 0 Å². The highest BCUT2D eigenvalue weighted by Gasteiger charge is 2.39. The molecule has 2 amide bonds. The molecule has 31 heavy (non-hydrogen) atoms. The topological polar surface area (TPSA) is 123 Å². The fourth-order valence-electron chi connectivity index (χ4n) is 4.49. The van der Waals surface area contributed by atoms with Gasteiger partial charge in [-0.2, -0.15) is 4.98 Å². The van der Waals surface area contributed by atoms with Gasteiger partial charge in [0.25, 0.3) is 11.6 Å². The quantitative estimate of drug-likeness (QED) is 0.543. The molecule has 1 aromatic heterocycles. The average molecular weight is 427 g/mol. The molecule has 2 aliphatic heterocycles. The number of carbonyl (C=O) groups excluding carboxylic acids is 2. The monoisotopic (exact) mass is 427 g/mol. The SMILES string of the molecule is Cc1noc(C2CCCN(C(=O)C3CCCN3C(=O)c3ccc([N+](=O)[O-])c(C)c3)C2)n1. The second kappa shape index (κ2) is 8.44. The van der Waals surface area contributed by atoms with Crippen LogP contribution in [0.3, 0.4) is 0 Å². The molecule has 2 saturated heterocycles. The van der Waals surface area contributed by atoms with E-state index >= 15 is 0 Å². The van der Waals surface area contributed by atoms with Crippen molar-refractivity contribution in [2.75, 3.05) is 19.6 Å². The standard InChI is InChI=1S/C21H25N5O5/c1-13-11-15(7-8-17(13)26(29)30)20(27)25-10-4-6-18(25)21(28)24-9-3-5-16(12-24)19-22-14(2)23-31-19/h7-8,11,16,18H,3-6,9-10,12H2,1-2H3. The van der Waals surface area contributed by atoms with E-state index in [1.807, 2.05) is 0 Å². The van der Waals surface area contributed by atoms with Crippen LogP contribution in [0, 0.1) is 24.0 Å². The molecule has 10 heteroatoms. The molecule has 4 rings (SSSR count). The number of rotatable bonds is 4. The molecule has 10 nitrogen and oxygen atoms in total. The molecule has 0 spiro atoms. The van der Waals surface area contributed by atoms with E-state index < -0.39 is 11.0 Å². The molecular weight excluding hydrogens is 402 g/mol. The smallest absolute Gasteiger partial charge is 0.272 e. The van der Waals surface area contributed by atoms with E-state index in [9.17, 15) is 19.7 Å². The van der Waals surface area contributed by atoms with Gasteiger partial charge in [0.15, 0.2) is 5.82 Å². The van der Waals surface area contributed by atoms with E-state index in [1.165, 1.54) is 18.2 Å². The number of amides is 2. The van der Waals surface area contributed by atoms with Gasteiger partial charge in [0.05, 0.1) is 10.8 Å². The van der Waals surface area contributed by atoms with E-state index in [4.69, 9.17) is 4.52 Å². The fraction of sp³-hybridized carbons (Fsp3) is 0.524. The third-order valence-corrected chi connectivity index (χ3v) is 6.06. The molecule has 1 aromatic carbocycles. The van der Waals surface area contributed by atoms with Crippen LogP contribution in [-0.4, -0.2) is 62.4 Å². The van der Waals surface area contributed by atoms with E-state index in [1.54, 1.807) is 23.6 Å². The minimum absolute atomic E-state index is 0.00165. The summed E-state index contributed by atoms with van der Waals surface area (Å²) in [6.07, 6.45) is 3.06. The summed E-state index contributed by atoms with van der Waals surface area (Å²) in [6, 6.07) is 3.81. The Kier molecular flexibility index (Phi) is 5.71. The molecule has 3 heterocycles. The number of nitro benzene ring substituents is 1. The summed E-state index contributed by atoms with van der Waals surface area (Å²) in [5.74, 6) is 0.794. The van der Waals surface area contributed by atoms with Gasteiger partial charge in [0.2, 0.25) is 11.8 Å². The fourth-order valence-corrected chi connectivity index (χ4v) is 4.49. The van der Waals surface area contributed by atoms with E-state index in [2.05, 4.69) is 10.1 Å². The number of benzene rings is 1. The maximum atomic E-state index is 13.3. The molecule has 2 atom stereocenters. The van der Waals surface area contributed by atoms with E-state index in [0.717, 1.165) is 19.3 Å². The van der Waals surface area contributed by atoms with Gasteiger partial charge in [0.1, 0.15) is 6.04 Å². The maximum absolute atomic E-state index is 13.3. The van der Waals surface area contributed by atoms with Crippen LogP contribution in [-0.2, 0) is 4.79 Å². The number of piperidine rings is 1. The third-order valence-electron chi connectivity index (χ3n) is 6.06. The molecule has 0 radical (unpaired) electrons. The summed E-state index contributed by atoms with van der Waals surface area (Å²) < 4.78 is 5.30. The first-order valence-electron chi connectivity index (χ1n) is 10.5. The number of hydrogen-bond acceptors (Lipinski definition) is 7. The number of likely N-dealkylation sites (tertiary alicyclic amines) is 2. The van der Waals surface area contributed by atoms with Crippen LogP contribution >= 0.6 is 0 Å². The van der Waals surface area contributed by atoms with Crippen LogP contribution in [0.1, 0.15) is 59.2 Å². The minimum Gasteiger partial charge on any atom is -0.340 e. The lowest BCUT2D eigenvalue weighted by Crippen LogP contribution is -2.50. The summed E-state index contributed by atoms with van der Waals surface area (Å²) in [6.45, 7) is 4.99. The molecule has 0 N–H and O–H groups in total. The van der Waals surface area contributed by atoms with Crippen molar-refractivity contribution in [2.45, 2.75) is 51.5 Å².